The van der Waals surface area contributed by atoms with E-state index in [4.69, 9.17) is 4.74 Å². The second kappa shape index (κ2) is 8.68. The van der Waals surface area contributed by atoms with Gasteiger partial charge in [-0.05, 0) is 5.56 Å². The molecular formula is C19H23N5O4. The molecule has 0 unspecified atom stereocenters. The van der Waals surface area contributed by atoms with E-state index in [0.717, 1.165) is 5.56 Å². The number of imidazole rings is 1. The Kier molecular flexibility index (Phi) is 6.07. The standard InChI is InChI=1S/C19H23N5O4/c1-3-9-28-12-14(25)11-24-15-16(23(2)19(27)22-17(15)26)21-18(24)20-10-13-7-5-4-6-8-13/h3-8,14,25H,1,9-12H2,2H3,(H,20,21)(H,22,26,27)/t14-/m1/s1. The van der Waals surface area contributed by atoms with E-state index in [-0.39, 0.29) is 24.3 Å². The van der Waals surface area contributed by atoms with Crippen molar-refractivity contribution in [2.45, 2.75) is 19.2 Å². The van der Waals surface area contributed by atoms with Crippen molar-refractivity contribution in [2.24, 2.45) is 7.05 Å². The number of aliphatic hydroxyl groups is 1. The number of hydrogen-bond donors (Lipinski definition) is 3. The number of aromatic amines is 1. The molecule has 148 valence electrons. The van der Waals surface area contributed by atoms with E-state index in [1.165, 1.54) is 11.6 Å². The van der Waals surface area contributed by atoms with Crippen LogP contribution in [0.3, 0.4) is 0 Å². The molecule has 9 heteroatoms. The monoisotopic (exact) mass is 385 g/mol. The molecule has 2 aromatic heterocycles. The molecule has 1 aromatic carbocycles. The summed E-state index contributed by atoms with van der Waals surface area (Å²) in [6, 6.07) is 9.69. The minimum absolute atomic E-state index is 0.0754. The summed E-state index contributed by atoms with van der Waals surface area (Å²) in [6.45, 7) is 4.50. The maximum Gasteiger partial charge on any atom is 0.329 e. The zero-order valence-electron chi connectivity index (χ0n) is 15.6. The largest absolute Gasteiger partial charge is 0.389 e. The molecule has 9 nitrogen and oxygen atoms in total. The third-order valence-electron chi connectivity index (χ3n) is 4.24. The maximum absolute atomic E-state index is 12.4. The Balaban J connectivity index is 1.97. The second-order valence-electron chi connectivity index (χ2n) is 6.36. The number of anilines is 1. The number of nitrogens with one attached hydrogen (secondary N) is 2. The number of H-pyrrole nitrogens is 1. The number of aryl methyl sites for hydroxylation is 1. The van der Waals surface area contributed by atoms with Crippen molar-refractivity contribution in [2.75, 3.05) is 18.5 Å². The van der Waals surface area contributed by atoms with Gasteiger partial charge in [0.05, 0.1) is 25.9 Å². The third kappa shape index (κ3) is 4.21. The number of hydrogen-bond acceptors (Lipinski definition) is 6. The minimum Gasteiger partial charge on any atom is -0.389 e. The summed E-state index contributed by atoms with van der Waals surface area (Å²) in [6.07, 6.45) is 0.721. The summed E-state index contributed by atoms with van der Waals surface area (Å²) in [5.74, 6) is 0.383. The number of aromatic nitrogens is 4. The lowest BCUT2D eigenvalue weighted by Gasteiger charge is -2.15. The number of nitrogens with zero attached hydrogens (tertiary/aromatic N) is 3. The van der Waals surface area contributed by atoms with Crippen LogP contribution in [0.1, 0.15) is 5.56 Å². The van der Waals surface area contributed by atoms with Crippen molar-refractivity contribution in [3.8, 4) is 0 Å². The predicted octanol–water partition coefficient (Wildman–Crippen LogP) is 0.599. The molecule has 0 saturated carbocycles. The highest BCUT2D eigenvalue weighted by atomic mass is 16.5. The molecule has 0 bridgehead atoms. The van der Waals surface area contributed by atoms with Gasteiger partial charge in [0.2, 0.25) is 5.95 Å². The SMILES string of the molecule is C=CCOC[C@H](O)Cn1c(NCc2ccccc2)nc2c1c(=O)[nH]c(=O)n2C. The zero-order chi connectivity index (χ0) is 20.1. The highest BCUT2D eigenvalue weighted by molar-refractivity contribution is 5.74. The molecule has 3 rings (SSSR count). The Morgan fingerprint density at radius 1 is 1.36 bits per heavy atom. The van der Waals surface area contributed by atoms with Crippen LogP contribution in [0, 0.1) is 0 Å². The Hall–Kier alpha value is -3.17. The van der Waals surface area contributed by atoms with Crippen LogP contribution >= 0.6 is 0 Å². The van der Waals surface area contributed by atoms with Crippen LogP contribution in [0.4, 0.5) is 5.95 Å². The number of fused-ring (bicyclic) bond motifs is 1. The van der Waals surface area contributed by atoms with Crippen LogP contribution in [0.15, 0.2) is 52.6 Å². The molecule has 0 amide bonds. The van der Waals surface area contributed by atoms with Gasteiger partial charge >= 0.3 is 5.69 Å². The molecule has 0 radical (unpaired) electrons. The van der Waals surface area contributed by atoms with Gasteiger partial charge in [-0.1, -0.05) is 36.4 Å². The smallest absolute Gasteiger partial charge is 0.329 e. The first-order valence-corrected chi connectivity index (χ1v) is 8.85. The number of rotatable bonds is 9. The third-order valence-corrected chi connectivity index (χ3v) is 4.24. The molecule has 0 aliphatic rings. The van der Waals surface area contributed by atoms with E-state index in [0.29, 0.717) is 19.1 Å². The normalized spacial score (nSPS) is 12.2. The maximum atomic E-state index is 12.4. The van der Waals surface area contributed by atoms with Crippen LogP contribution in [0.2, 0.25) is 0 Å². The second-order valence-corrected chi connectivity index (χ2v) is 6.36. The van der Waals surface area contributed by atoms with Crippen molar-refractivity contribution in [1.29, 1.82) is 0 Å². The average molecular weight is 385 g/mol. The van der Waals surface area contributed by atoms with Crippen molar-refractivity contribution < 1.29 is 9.84 Å². The van der Waals surface area contributed by atoms with Crippen molar-refractivity contribution >= 4 is 17.1 Å². The molecule has 2 heterocycles. The number of benzene rings is 1. The molecule has 28 heavy (non-hydrogen) atoms. The van der Waals surface area contributed by atoms with Crippen LogP contribution in [0.25, 0.3) is 11.2 Å². The fourth-order valence-electron chi connectivity index (χ4n) is 2.88. The van der Waals surface area contributed by atoms with Gasteiger partial charge in [0.15, 0.2) is 11.2 Å². The Morgan fingerprint density at radius 2 is 2.11 bits per heavy atom. The van der Waals surface area contributed by atoms with Crippen LogP contribution < -0.4 is 16.6 Å². The van der Waals surface area contributed by atoms with Gasteiger partial charge in [0.25, 0.3) is 5.56 Å². The molecule has 0 aliphatic heterocycles. The molecule has 1 atom stereocenters. The first kappa shape index (κ1) is 19.6. The van der Waals surface area contributed by atoms with Gasteiger partial charge in [-0.15, -0.1) is 6.58 Å². The van der Waals surface area contributed by atoms with Gasteiger partial charge in [-0.3, -0.25) is 14.3 Å². The van der Waals surface area contributed by atoms with Gasteiger partial charge < -0.3 is 19.7 Å². The van der Waals surface area contributed by atoms with E-state index >= 15 is 0 Å². The summed E-state index contributed by atoms with van der Waals surface area (Å²) < 4.78 is 8.12. The van der Waals surface area contributed by atoms with E-state index < -0.39 is 17.4 Å². The molecule has 3 aromatic rings. The Labute approximate surface area is 160 Å². The molecule has 3 N–H and O–H groups in total. The van der Waals surface area contributed by atoms with Crippen LogP contribution in [0.5, 0.6) is 0 Å². The molecule has 0 saturated heterocycles. The van der Waals surface area contributed by atoms with Crippen molar-refractivity contribution in [3.05, 3.63) is 69.4 Å². The van der Waals surface area contributed by atoms with Crippen LogP contribution in [-0.2, 0) is 24.9 Å². The number of ether oxygens (including phenoxy) is 1. The predicted molar refractivity (Wildman–Crippen MR) is 106 cm³/mol. The van der Waals surface area contributed by atoms with E-state index in [2.05, 4.69) is 21.9 Å². The fourth-order valence-corrected chi connectivity index (χ4v) is 2.88. The quantitative estimate of drug-likeness (QED) is 0.367. The highest BCUT2D eigenvalue weighted by Gasteiger charge is 2.19. The van der Waals surface area contributed by atoms with E-state index in [1.54, 1.807) is 10.6 Å². The topological polar surface area (TPSA) is 114 Å². The van der Waals surface area contributed by atoms with Crippen molar-refractivity contribution in [3.63, 3.8) is 0 Å². The average Bonchev–Trinajstić information content (AvgIpc) is 3.04. The number of aliphatic hydroxyl groups excluding tert-OH is 1. The Bertz CT molecular complexity index is 1070. The summed E-state index contributed by atoms with van der Waals surface area (Å²) in [7, 11) is 1.53. The molecular weight excluding hydrogens is 362 g/mol. The van der Waals surface area contributed by atoms with Crippen LogP contribution in [-0.4, -0.2) is 43.5 Å². The van der Waals surface area contributed by atoms with Crippen molar-refractivity contribution in [1.82, 2.24) is 19.1 Å². The van der Waals surface area contributed by atoms with E-state index in [1.807, 2.05) is 30.3 Å². The summed E-state index contributed by atoms with van der Waals surface area (Å²) in [4.78, 5) is 31.0. The van der Waals surface area contributed by atoms with Gasteiger partial charge in [-0.2, -0.15) is 4.98 Å². The first-order chi connectivity index (χ1) is 13.5. The molecule has 0 aliphatic carbocycles. The molecule has 0 fully saturated rings. The van der Waals surface area contributed by atoms with Gasteiger partial charge in [0.1, 0.15) is 0 Å². The Morgan fingerprint density at radius 3 is 2.82 bits per heavy atom. The summed E-state index contributed by atoms with van der Waals surface area (Å²) in [5.41, 5.74) is 0.368. The zero-order valence-corrected chi connectivity index (χ0v) is 15.6. The summed E-state index contributed by atoms with van der Waals surface area (Å²) >= 11 is 0. The lowest BCUT2D eigenvalue weighted by atomic mass is 10.2. The molecule has 0 spiro atoms. The first-order valence-electron chi connectivity index (χ1n) is 8.85. The van der Waals surface area contributed by atoms with Gasteiger partial charge in [0, 0.05) is 13.6 Å². The lowest BCUT2D eigenvalue weighted by Crippen LogP contribution is -2.30. The highest BCUT2D eigenvalue weighted by Crippen LogP contribution is 2.17. The fraction of sp³-hybridized carbons (Fsp3) is 0.316. The van der Waals surface area contributed by atoms with E-state index in [9.17, 15) is 14.7 Å². The van der Waals surface area contributed by atoms with Gasteiger partial charge in [-0.25, -0.2) is 4.79 Å². The minimum atomic E-state index is -0.869. The summed E-state index contributed by atoms with van der Waals surface area (Å²) in [5, 5.41) is 13.5. The lowest BCUT2D eigenvalue weighted by molar-refractivity contribution is 0.0405.